The van der Waals surface area contributed by atoms with E-state index in [1.54, 1.807) is 0 Å². The molecule has 1 aliphatic carbocycles. The van der Waals surface area contributed by atoms with Gasteiger partial charge in [-0.2, -0.15) is 0 Å². The Morgan fingerprint density at radius 1 is 1.46 bits per heavy atom. The zero-order chi connectivity index (χ0) is 9.90. The molecule has 0 aromatic rings. The number of aliphatic carboxylic acids is 1. The van der Waals surface area contributed by atoms with Crippen molar-refractivity contribution in [3.8, 4) is 0 Å². The van der Waals surface area contributed by atoms with Crippen LogP contribution in [-0.4, -0.2) is 23.5 Å². The summed E-state index contributed by atoms with van der Waals surface area (Å²) in [5, 5.41) is 11.6. The summed E-state index contributed by atoms with van der Waals surface area (Å²) in [5.41, 5.74) is -0.539. The van der Waals surface area contributed by atoms with E-state index in [1.807, 2.05) is 0 Å². The molecule has 0 spiro atoms. The molecular formula is C9H15NO3. The van der Waals surface area contributed by atoms with Crippen molar-refractivity contribution in [3.05, 3.63) is 0 Å². The van der Waals surface area contributed by atoms with Crippen molar-refractivity contribution >= 4 is 11.9 Å². The monoisotopic (exact) mass is 185 g/mol. The van der Waals surface area contributed by atoms with Gasteiger partial charge in [-0.3, -0.25) is 9.59 Å². The van der Waals surface area contributed by atoms with Crippen molar-refractivity contribution in [2.24, 2.45) is 5.41 Å². The van der Waals surface area contributed by atoms with Crippen molar-refractivity contribution in [1.29, 1.82) is 0 Å². The van der Waals surface area contributed by atoms with E-state index in [1.165, 1.54) is 6.92 Å². The van der Waals surface area contributed by atoms with Crippen LogP contribution in [-0.2, 0) is 9.59 Å². The van der Waals surface area contributed by atoms with Gasteiger partial charge in [0.25, 0.3) is 0 Å². The second-order valence-corrected chi connectivity index (χ2v) is 3.67. The number of amides is 1. The van der Waals surface area contributed by atoms with E-state index in [-0.39, 0.29) is 5.91 Å². The maximum atomic E-state index is 10.9. The predicted octanol–water partition coefficient (Wildman–Crippen LogP) is 0.767. The number of nitrogens with one attached hydrogen (secondary N) is 1. The Kier molecular flexibility index (Phi) is 2.90. The lowest BCUT2D eigenvalue weighted by molar-refractivity contribution is -0.155. The first-order chi connectivity index (χ1) is 6.07. The fourth-order valence-electron chi connectivity index (χ4n) is 1.65. The molecular weight excluding hydrogens is 170 g/mol. The molecule has 4 nitrogen and oxygen atoms in total. The summed E-state index contributed by atoms with van der Waals surface area (Å²) >= 11 is 0. The summed E-state index contributed by atoms with van der Waals surface area (Å²) < 4.78 is 0. The van der Waals surface area contributed by atoms with E-state index >= 15 is 0 Å². The Hall–Kier alpha value is -1.06. The van der Waals surface area contributed by atoms with Gasteiger partial charge in [-0.15, -0.1) is 0 Å². The highest BCUT2D eigenvalue weighted by atomic mass is 16.4. The summed E-state index contributed by atoms with van der Waals surface area (Å²) in [4.78, 5) is 21.4. The molecule has 2 N–H and O–H groups in total. The number of hydrogen-bond donors (Lipinski definition) is 2. The minimum Gasteiger partial charge on any atom is -0.481 e. The van der Waals surface area contributed by atoms with Crippen LogP contribution in [0.25, 0.3) is 0 Å². The van der Waals surface area contributed by atoms with E-state index in [4.69, 9.17) is 5.11 Å². The summed E-state index contributed by atoms with van der Waals surface area (Å²) in [5.74, 6) is -0.816. The maximum Gasteiger partial charge on any atom is 0.309 e. The third kappa shape index (κ3) is 2.20. The summed E-state index contributed by atoms with van der Waals surface area (Å²) in [6.07, 6.45) is 3.05. The Bertz CT molecular complexity index is 221. The topological polar surface area (TPSA) is 66.4 Å². The Labute approximate surface area is 77.3 Å². The Morgan fingerprint density at radius 3 is 2.38 bits per heavy atom. The van der Waals surface area contributed by atoms with Gasteiger partial charge >= 0.3 is 5.97 Å². The molecule has 4 heteroatoms. The number of carbonyl (C=O) groups is 2. The number of carboxylic acid groups (broad SMARTS) is 1. The van der Waals surface area contributed by atoms with Crippen molar-refractivity contribution < 1.29 is 14.7 Å². The van der Waals surface area contributed by atoms with E-state index in [0.29, 0.717) is 13.0 Å². The van der Waals surface area contributed by atoms with Gasteiger partial charge in [-0.05, 0) is 19.3 Å². The quantitative estimate of drug-likeness (QED) is 0.679. The summed E-state index contributed by atoms with van der Waals surface area (Å²) in [7, 11) is 0. The molecule has 1 rings (SSSR count). The van der Waals surface area contributed by atoms with Gasteiger partial charge in [0.2, 0.25) is 5.91 Å². The largest absolute Gasteiger partial charge is 0.481 e. The van der Waals surface area contributed by atoms with Crippen LogP contribution in [0.15, 0.2) is 0 Å². The van der Waals surface area contributed by atoms with Gasteiger partial charge in [0.1, 0.15) is 0 Å². The minimum atomic E-state index is -0.718. The zero-order valence-electron chi connectivity index (χ0n) is 7.80. The minimum absolute atomic E-state index is 0.0973. The van der Waals surface area contributed by atoms with Crippen LogP contribution < -0.4 is 5.32 Å². The van der Waals surface area contributed by atoms with Gasteiger partial charge in [-0.25, -0.2) is 0 Å². The third-order valence-electron chi connectivity index (χ3n) is 2.74. The normalized spacial score (nSPS) is 18.8. The van der Waals surface area contributed by atoms with Crippen molar-refractivity contribution in [1.82, 2.24) is 5.32 Å². The van der Waals surface area contributed by atoms with Gasteiger partial charge in [0, 0.05) is 13.5 Å². The van der Waals surface area contributed by atoms with Crippen LogP contribution in [0, 0.1) is 5.41 Å². The highest BCUT2D eigenvalue weighted by Gasteiger charge is 2.43. The van der Waals surface area contributed by atoms with Gasteiger partial charge in [-0.1, -0.05) is 6.42 Å². The molecule has 0 bridgehead atoms. The van der Waals surface area contributed by atoms with E-state index in [9.17, 15) is 9.59 Å². The number of carboxylic acids is 1. The fraction of sp³-hybridized carbons (Fsp3) is 0.778. The first-order valence-corrected chi connectivity index (χ1v) is 4.55. The van der Waals surface area contributed by atoms with Crippen LogP contribution in [0.4, 0.5) is 0 Å². The van der Waals surface area contributed by atoms with Gasteiger partial charge in [0.05, 0.1) is 5.41 Å². The highest BCUT2D eigenvalue weighted by Crippen LogP contribution is 2.43. The van der Waals surface area contributed by atoms with Gasteiger partial charge < -0.3 is 10.4 Å². The first kappa shape index (κ1) is 10.0. The molecule has 0 aromatic heterocycles. The molecule has 13 heavy (non-hydrogen) atoms. The SMILES string of the molecule is CC(=O)NCCC1(C(=O)O)CCC1. The average Bonchev–Trinajstić information content (AvgIpc) is 1.93. The Morgan fingerprint density at radius 2 is 2.08 bits per heavy atom. The second kappa shape index (κ2) is 3.77. The number of rotatable bonds is 4. The smallest absolute Gasteiger partial charge is 0.309 e. The maximum absolute atomic E-state index is 10.9. The van der Waals surface area contributed by atoms with Crippen LogP contribution in [0.5, 0.6) is 0 Å². The lowest BCUT2D eigenvalue weighted by Crippen LogP contribution is -2.40. The lowest BCUT2D eigenvalue weighted by Gasteiger charge is -2.37. The van der Waals surface area contributed by atoms with E-state index in [0.717, 1.165) is 19.3 Å². The summed E-state index contributed by atoms with van der Waals surface area (Å²) in [6.45, 7) is 1.91. The molecule has 1 amide bonds. The second-order valence-electron chi connectivity index (χ2n) is 3.67. The van der Waals surface area contributed by atoms with E-state index < -0.39 is 11.4 Å². The lowest BCUT2D eigenvalue weighted by atomic mass is 9.67. The Balaban J connectivity index is 2.32. The standard InChI is InChI=1S/C9H15NO3/c1-7(11)10-6-5-9(8(12)13)3-2-4-9/h2-6H2,1H3,(H,10,11)(H,12,13). The molecule has 0 heterocycles. The molecule has 0 saturated heterocycles. The van der Waals surface area contributed by atoms with Crippen molar-refractivity contribution in [2.75, 3.05) is 6.54 Å². The van der Waals surface area contributed by atoms with Crippen molar-refractivity contribution in [2.45, 2.75) is 32.6 Å². The molecule has 1 fully saturated rings. The molecule has 1 saturated carbocycles. The first-order valence-electron chi connectivity index (χ1n) is 4.55. The van der Waals surface area contributed by atoms with Crippen LogP contribution in [0.1, 0.15) is 32.6 Å². The predicted molar refractivity (Wildman–Crippen MR) is 47.2 cm³/mol. The molecule has 0 aromatic carbocycles. The van der Waals surface area contributed by atoms with Crippen LogP contribution in [0.3, 0.4) is 0 Å². The van der Waals surface area contributed by atoms with Crippen LogP contribution >= 0.6 is 0 Å². The summed E-state index contributed by atoms with van der Waals surface area (Å²) in [6, 6.07) is 0. The zero-order valence-corrected chi connectivity index (χ0v) is 7.80. The molecule has 74 valence electrons. The number of carbonyl (C=O) groups excluding carboxylic acids is 1. The number of hydrogen-bond acceptors (Lipinski definition) is 2. The fourth-order valence-corrected chi connectivity index (χ4v) is 1.65. The molecule has 0 unspecified atom stereocenters. The van der Waals surface area contributed by atoms with Crippen LogP contribution in [0.2, 0.25) is 0 Å². The van der Waals surface area contributed by atoms with E-state index in [2.05, 4.69) is 5.32 Å². The van der Waals surface area contributed by atoms with Gasteiger partial charge in [0.15, 0.2) is 0 Å². The molecule has 1 aliphatic rings. The third-order valence-corrected chi connectivity index (χ3v) is 2.74. The molecule has 0 aliphatic heterocycles. The molecule has 0 atom stereocenters. The average molecular weight is 185 g/mol. The molecule has 0 radical (unpaired) electrons. The highest BCUT2D eigenvalue weighted by molar-refractivity contribution is 5.76. The van der Waals surface area contributed by atoms with Crippen molar-refractivity contribution in [3.63, 3.8) is 0 Å².